The number of nitrogens with zero attached hydrogens (tertiary/aromatic N) is 1. The van der Waals surface area contributed by atoms with E-state index in [1.807, 2.05) is 43.4 Å². The molecule has 88 valence electrons. The molecule has 3 N–H and O–H groups in total. The van der Waals surface area contributed by atoms with Crippen molar-refractivity contribution < 1.29 is 9.90 Å². The summed E-state index contributed by atoms with van der Waals surface area (Å²) in [5.41, 5.74) is 5.03. The number of hydrazine groups is 1. The van der Waals surface area contributed by atoms with Gasteiger partial charge in [0.05, 0.1) is 6.42 Å². The molecule has 16 heavy (non-hydrogen) atoms. The normalized spacial score (nSPS) is 10.2. The van der Waals surface area contributed by atoms with Crippen molar-refractivity contribution in [2.45, 2.75) is 6.42 Å². The van der Waals surface area contributed by atoms with E-state index in [-0.39, 0.29) is 6.42 Å². The van der Waals surface area contributed by atoms with E-state index in [4.69, 9.17) is 5.11 Å². The highest BCUT2D eigenvalue weighted by Gasteiger charge is 1.97. The summed E-state index contributed by atoms with van der Waals surface area (Å²) >= 11 is 0. The molecule has 0 bridgehead atoms. The number of carboxylic acid groups (broad SMARTS) is 1. The molecule has 0 amide bonds. The number of carboxylic acids is 1. The van der Waals surface area contributed by atoms with Crippen LogP contribution in [0, 0.1) is 0 Å². The van der Waals surface area contributed by atoms with Crippen LogP contribution in [0.25, 0.3) is 0 Å². The topological polar surface area (TPSA) is 64.6 Å². The molecule has 0 aliphatic carbocycles. The van der Waals surface area contributed by atoms with Gasteiger partial charge in [-0.2, -0.15) is 0 Å². The summed E-state index contributed by atoms with van der Waals surface area (Å²) in [6.07, 6.45) is 0.123. The first kappa shape index (κ1) is 12.3. The Labute approximate surface area is 95.0 Å². The zero-order chi connectivity index (χ0) is 12.0. The fourth-order valence-corrected chi connectivity index (χ4v) is 1.23. The number of nitrogens with one attached hydrogen (secondary N) is 2. The lowest BCUT2D eigenvalue weighted by molar-refractivity contribution is -0.136. The maximum atomic E-state index is 10.3. The van der Waals surface area contributed by atoms with Gasteiger partial charge in [0.15, 0.2) is 0 Å². The predicted molar refractivity (Wildman–Crippen MR) is 64.5 cm³/mol. The number of hydrogen-bond acceptors (Lipinski definition) is 4. The summed E-state index contributed by atoms with van der Waals surface area (Å²) in [6.45, 7) is 0.440. The van der Waals surface area contributed by atoms with E-state index < -0.39 is 5.97 Å². The smallest absolute Gasteiger partial charge is 0.305 e. The Morgan fingerprint density at radius 3 is 2.31 bits per heavy atom. The van der Waals surface area contributed by atoms with Gasteiger partial charge in [-0.25, -0.2) is 5.01 Å². The van der Waals surface area contributed by atoms with E-state index in [1.54, 1.807) is 0 Å². The molecule has 0 aromatic heterocycles. The highest BCUT2D eigenvalue weighted by atomic mass is 16.4. The van der Waals surface area contributed by atoms with Gasteiger partial charge in [-0.1, -0.05) is 0 Å². The molecule has 0 saturated carbocycles. The van der Waals surface area contributed by atoms with E-state index in [9.17, 15) is 4.79 Å². The largest absolute Gasteiger partial charge is 0.481 e. The average Bonchev–Trinajstić information content (AvgIpc) is 2.19. The predicted octanol–water partition coefficient (Wildman–Crippen LogP) is 1.46. The number of hydrogen-bond donors (Lipinski definition) is 3. The van der Waals surface area contributed by atoms with Gasteiger partial charge >= 0.3 is 5.97 Å². The van der Waals surface area contributed by atoms with Crippen LogP contribution in [0.15, 0.2) is 24.3 Å². The molecular weight excluding hydrogens is 206 g/mol. The molecule has 1 rings (SSSR count). The van der Waals surface area contributed by atoms with E-state index >= 15 is 0 Å². The fraction of sp³-hybridized carbons (Fsp3) is 0.364. The maximum Gasteiger partial charge on any atom is 0.305 e. The Bertz CT molecular complexity index is 336. The minimum Gasteiger partial charge on any atom is -0.481 e. The molecule has 0 radical (unpaired) electrons. The van der Waals surface area contributed by atoms with E-state index in [0.717, 1.165) is 11.4 Å². The first-order chi connectivity index (χ1) is 7.58. The summed E-state index contributed by atoms with van der Waals surface area (Å²) in [5, 5.41) is 13.4. The van der Waals surface area contributed by atoms with Gasteiger partial charge < -0.3 is 15.8 Å². The molecule has 0 aliphatic heterocycles. The molecule has 0 unspecified atom stereocenters. The zero-order valence-corrected chi connectivity index (χ0v) is 9.53. The highest BCUT2D eigenvalue weighted by molar-refractivity contribution is 5.67. The standard InChI is InChI=1S/C11H17N3O2/c1-14(2)13-10-5-3-9(4-6-10)12-8-7-11(15)16/h3-6,12-13H,7-8H2,1-2H3,(H,15,16). The first-order valence-corrected chi connectivity index (χ1v) is 5.07. The highest BCUT2D eigenvalue weighted by Crippen LogP contribution is 2.13. The summed E-state index contributed by atoms with van der Waals surface area (Å²) in [6, 6.07) is 7.69. The van der Waals surface area contributed by atoms with Gasteiger partial charge in [-0.15, -0.1) is 0 Å². The average molecular weight is 223 g/mol. The Hall–Kier alpha value is -1.75. The van der Waals surface area contributed by atoms with Crippen molar-refractivity contribution in [3.05, 3.63) is 24.3 Å². The van der Waals surface area contributed by atoms with E-state index in [1.165, 1.54) is 0 Å². The maximum absolute atomic E-state index is 10.3. The number of rotatable bonds is 6. The second kappa shape index (κ2) is 5.97. The van der Waals surface area contributed by atoms with Crippen LogP contribution in [-0.2, 0) is 4.79 Å². The second-order valence-corrected chi connectivity index (χ2v) is 3.65. The molecule has 0 saturated heterocycles. The molecular formula is C11H17N3O2. The van der Waals surface area contributed by atoms with Crippen molar-refractivity contribution in [2.24, 2.45) is 0 Å². The van der Waals surface area contributed by atoms with Gasteiger partial charge in [0.25, 0.3) is 0 Å². The lowest BCUT2D eigenvalue weighted by atomic mass is 10.3. The van der Waals surface area contributed by atoms with Gasteiger partial charge in [0.2, 0.25) is 0 Å². The molecule has 0 atom stereocenters. The third-order valence-electron chi connectivity index (χ3n) is 1.91. The quantitative estimate of drug-likeness (QED) is 0.637. The summed E-state index contributed by atoms with van der Waals surface area (Å²) in [4.78, 5) is 10.3. The molecule has 5 heteroatoms. The van der Waals surface area contributed by atoms with Gasteiger partial charge in [-0.3, -0.25) is 4.79 Å². The fourth-order valence-electron chi connectivity index (χ4n) is 1.23. The number of benzene rings is 1. The minimum atomic E-state index is -0.793. The Balaban J connectivity index is 2.42. The van der Waals surface area contributed by atoms with Crippen molar-refractivity contribution in [3.63, 3.8) is 0 Å². The van der Waals surface area contributed by atoms with Gasteiger partial charge in [0.1, 0.15) is 0 Å². The van der Waals surface area contributed by atoms with Crippen molar-refractivity contribution in [1.29, 1.82) is 0 Å². The van der Waals surface area contributed by atoms with Gasteiger partial charge in [-0.05, 0) is 24.3 Å². The third-order valence-corrected chi connectivity index (χ3v) is 1.91. The van der Waals surface area contributed by atoms with Crippen molar-refractivity contribution in [2.75, 3.05) is 31.4 Å². The van der Waals surface area contributed by atoms with Crippen LogP contribution in [0.4, 0.5) is 11.4 Å². The number of carbonyl (C=O) groups is 1. The minimum absolute atomic E-state index is 0.123. The number of aliphatic carboxylic acids is 1. The van der Waals surface area contributed by atoms with Crippen molar-refractivity contribution in [3.8, 4) is 0 Å². The van der Waals surface area contributed by atoms with Crippen LogP contribution in [0.3, 0.4) is 0 Å². The molecule has 1 aromatic rings. The Kier molecular flexibility index (Phi) is 4.60. The Morgan fingerprint density at radius 2 is 1.81 bits per heavy atom. The van der Waals surface area contributed by atoms with E-state index in [2.05, 4.69) is 10.7 Å². The summed E-state index contributed by atoms with van der Waals surface area (Å²) in [7, 11) is 3.83. The lowest BCUT2D eigenvalue weighted by Crippen LogP contribution is -2.19. The van der Waals surface area contributed by atoms with Crippen LogP contribution in [-0.4, -0.2) is 36.7 Å². The molecule has 1 aromatic carbocycles. The summed E-state index contributed by atoms with van der Waals surface area (Å²) in [5.74, 6) is -0.793. The lowest BCUT2D eigenvalue weighted by Gasteiger charge is -2.13. The summed E-state index contributed by atoms with van der Waals surface area (Å²) < 4.78 is 0. The van der Waals surface area contributed by atoms with Crippen LogP contribution >= 0.6 is 0 Å². The van der Waals surface area contributed by atoms with Crippen LogP contribution in [0.1, 0.15) is 6.42 Å². The third kappa shape index (κ3) is 4.65. The van der Waals surface area contributed by atoms with Crippen LogP contribution in [0.2, 0.25) is 0 Å². The zero-order valence-electron chi connectivity index (χ0n) is 9.53. The number of anilines is 2. The van der Waals surface area contributed by atoms with Crippen LogP contribution < -0.4 is 10.7 Å². The molecule has 5 nitrogen and oxygen atoms in total. The molecule has 0 spiro atoms. The van der Waals surface area contributed by atoms with Crippen LogP contribution in [0.5, 0.6) is 0 Å². The SMILES string of the molecule is CN(C)Nc1ccc(NCCC(=O)O)cc1. The molecule has 0 heterocycles. The van der Waals surface area contributed by atoms with E-state index in [0.29, 0.717) is 6.54 Å². The first-order valence-electron chi connectivity index (χ1n) is 5.07. The molecule has 0 aliphatic rings. The van der Waals surface area contributed by atoms with Gasteiger partial charge in [0, 0.05) is 32.0 Å². The molecule has 0 fully saturated rings. The van der Waals surface area contributed by atoms with Crippen molar-refractivity contribution in [1.82, 2.24) is 5.01 Å². The monoisotopic (exact) mass is 223 g/mol. The van der Waals surface area contributed by atoms with Crippen molar-refractivity contribution >= 4 is 17.3 Å². The second-order valence-electron chi connectivity index (χ2n) is 3.65. The Morgan fingerprint density at radius 1 is 1.25 bits per heavy atom.